The minimum absolute atomic E-state index is 0.0912. The lowest BCUT2D eigenvalue weighted by atomic mass is 9.82. The Hall–Kier alpha value is -2.30. The molecule has 148 valence electrons. The molecule has 3 aliphatic rings. The van der Waals surface area contributed by atoms with E-state index in [2.05, 4.69) is 17.1 Å². The Morgan fingerprint density at radius 1 is 1.04 bits per heavy atom. The molecule has 2 amide bonds. The van der Waals surface area contributed by atoms with Crippen LogP contribution in [-0.2, 0) is 21.5 Å². The molecule has 0 radical (unpaired) electrons. The Kier molecular flexibility index (Phi) is 4.22. The molecule has 2 aromatic rings. The van der Waals surface area contributed by atoms with E-state index < -0.39 is 5.54 Å². The van der Waals surface area contributed by atoms with E-state index in [1.54, 1.807) is 0 Å². The van der Waals surface area contributed by atoms with Gasteiger partial charge in [-0.3, -0.25) is 9.59 Å². The van der Waals surface area contributed by atoms with Crippen LogP contribution >= 0.6 is 0 Å². The van der Waals surface area contributed by atoms with Crippen molar-refractivity contribution in [3.8, 4) is 0 Å². The van der Waals surface area contributed by atoms with Crippen LogP contribution in [0.25, 0.3) is 10.9 Å². The molecule has 1 aliphatic carbocycles. The van der Waals surface area contributed by atoms with Crippen LogP contribution in [0.15, 0.2) is 24.3 Å². The summed E-state index contributed by atoms with van der Waals surface area (Å²) >= 11 is 0. The third-order valence-electron chi connectivity index (χ3n) is 7.23. The van der Waals surface area contributed by atoms with Gasteiger partial charge in [-0.15, -0.1) is 0 Å². The monoisotopic (exact) mass is 379 g/mol. The second kappa shape index (κ2) is 6.64. The van der Waals surface area contributed by atoms with Gasteiger partial charge in [-0.1, -0.05) is 50.3 Å². The van der Waals surface area contributed by atoms with Gasteiger partial charge in [-0.05, 0) is 37.8 Å². The fourth-order valence-corrected chi connectivity index (χ4v) is 5.68. The number of benzene rings is 1. The van der Waals surface area contributed by atoms with Crippen molar-refractivity contribution in [1.82, 2.24) is 14.8 Å². The molecule has 1 aromatic carbocycles. The summed E-state index contributed by atoms with van der Waals surface area (Å²) in [6.07, 6.45) is 8.93. The molecule has 5 heteroatoms. The van der Waals surface area contributed by atoms with Gasteiger partial charge in [-0.25, -0.2) is 0 Å². The normalized spacial score (nSPS) is 26.8. The number of para-hydroxylation sites is 1. The summed E-state index contributed by atoms with van der Waals surface area (Å²) in [5.41, 5.74) is 2.27. The lowest BCUT2D eigenvalue weighted by Crippen LogP contribution is -2.68. The number of aromatic amines is 1. The lowest BCUT2D eigenvalue weighted by molar-refractivity contribution is -0.168. The summed E-state index contributed by atoms with van der Waals surface area (Å²) in [5, 5.41) is 1.18. The molecule has 28 heavy (non-hydrogen) atoms. The molecule has 1 atom stereocenters. The van der Waals surface area contributed by atoms with Crippen molar-refractivity contribution in [2.45, 2.75) is 69.9 Å². The molecule has 2 fully saturated rings. The number of carbonyl (C=O) groups excluding carboxylic acids is 2. The maximum Gasteiger partial charge on any atom is 0.255 e. The lowest BCUT2D eigenvalue weighted by Gasteiger charge is -2.51. The largest absolute Gasteiger partial charge is 0.356 e. The van der Waals surface area contributed by atoms with E-state index in [4.69, 9.17) is 0 Å². The van der Waals surface area contributed by atoms with Gasteiger partial charge >= 0.3 is 0 Å². The summed E-state index contributed by atoms with van der Waals surface area (Å²) in [6, 6.07) is 8.43. The third kappa shape index (κ3) is 2.51. The van der Waals surface area contributed by atoms with Crippen LogP contribution in [-0.4, -0.2) is 45.7 Å². The number of piperazine rings is 1. The van der Waals surface area contributed by atoms with Gasteiger partial charge in [0.15, 0.2) is 5.54 Å². The Labute approximate surface area is 166 Å². The average molecular weight is 380 g/mol. The van der Waals surface area contributed by atoms with Gasteiger partial charge in [0.05, 0.1) is 5.69 Å². The summed E-state index contributed by atoms with van der Waals surface area (Å²) in [6.45, 7) is 2.82. The molecule has 0 bridgehead atoms. The highest BCUT2D eigenvalue weighted by Crippen LogP contribution is 2.43. The van der Waals surface area contributed by atoms with Crippen molar-refractivity contribution >= 4 is 22.7 Å². The molecule has 5 rings (SSSR count). The molecule has 1 saturated heterocycles. The van der Waals surface area contributed by atoms with Crippen molar-refractivity contribution < 1.29 is 9.59 Å². The molecule has 1 aromatic heterocycles. The maximum atomic E-state index is 13.9. The van der Waals surface area contributed by atoms with Crippen LogP contribution in [0.5, 0.6) is 0 Å². The summed E-state index contributed by atoms with van der Waals surface area (Å²) in [5.74, 6) is 0.193. The smallest absolute Gasteiger partial charge is 0.255 e. The van der Waals surface area contributed by atoms with E-state index >= 15 is 0 Å². The Bertz CT molecular complexity index is 925. The number of aromatic nitrogens is 1. The molecule has 5 nitrogen and oxygen atoms in total. The number of nitrogens with zero attached hydrogens (tertiary/aromatic N) is 2. The van der Waals surface area contributed by atoms with E-state index in [0.717, 1.165) is 43.3 Å². The molecule has 1 N–H and O–H groups in total. The van der Waals surface area contributed by atoms with E-state index in [1.165, 1.54) is 30.2 Å². The highest BCUT2D eigenvalue weighted by Gasteiger charge is 2.55. The van der Waals surface area contributed by atoms with Crippen molar-refractivity contribution in [1.29, 1.82) is 0 Å². The first-order valence-corrected chi connectivity index (χ1v) is 10.8. The molecule has 1 unspecified atom stereocenters. The van der Waals surface area contributed by atoms with E-state index in [9.17, 15) is 9.59 Å². The molecule has 3 heterocycles. The quantitative estimate of drug-likeness (QED) is 0.821. The van der Waals surface area contributed by atoms with Gasteiger partial charge < -0.3 is 14.8 Å². The molecule has 2 aliphatic heterocycles. The average Bonchev–Trinajstić information content (AvgIpc) is 3.05. The van der Waals surface area contributed by atoms with Crippen LogP contribution in [0, 0.1) is 0 Å². The number of amides is 2. The number of fused-ring (bicyclic) bond motifs is 5. The second-order valence-corrected chi connectivity index (χ2v) is 8.82. The zero-order valence-corrected chi connectivity index (χ0v) is 16.7. The van der Waals surface area contributed by atoms with Gasteiger partial charge in [-0.2, -0.15) is 0 Å². The number of hydrogen-bond acceptors (Lipinski definition) is 2. The number of nitrogens with one attached hydrogen (secondary N) is 1. The minimum atomic E-state index is -0.912. The summed E-state index contributed by atoms with van der Waals surface area (Å²) < 4.78 is 0. The molecule has 0 spiro atoms. The van der Waals surface area contributed by atoms with E-state index in [-0.39, 0.29) is 24.4 Å². The van der Waals surface area contributed by atoms with Crippen molar-refractivity contribution in [3.63, 3.8) is 0 Å². The summed E-state index contributed by atoms with van der Waals surface area (Å²) in [7, 11) is 0. The predicted molar refractivity (Wildman–Crippen MR) is 109 cm³/mol. The first kappa shape index (κ1) is 17.8. The first-order valence-electron chi connectivity index (χ1n) is 10.8. The van der Waals surface area contributed by atoms with E-state index in [1.807, 2.05) is 28.9 Å². The zero-order chi connectivity index (χ0) is 19.3. The zero-order valence-electron chi connectivity index (χ0n) is 16.7. The molecular weight excluding hydrogens is 350 g/mol. The SMILES string of the molecule is CC12C(=O)N(C3CCCCCCC3)CC(=O)N1CCc1c2[nH]c2ccccc12. The van der Waals surface area contributed by atoms with Crippen LogP contribution in [0.3, 0.4) is 0 Å². The third-order valence-corrected chi connectivity index (χ3v) is 7.23. The minimum Gasteiger partial charge on any atom is -0.356 e. The predicted octanol–water partition coefficient (Wildman–Crippen LogP) is 3.72. The standard InChI is InChI=1S/C23H29N3O2/c1-23-21-18(17-11-7-8-12-19(17)24-21)13-14-26(23)20(27)15-25(22(23)28)16-9-5-3-2-4-6-10-16/h7-8,11-12,16,24H,2-6,9-10,13-15H2,1H3. The molecule has 1 saturated carbocycles. The van der Waals surface area contributed by atoms with E-state index in [0.29, 0.717) is 6.54 Å². The number of H-pyrrole nitrogens is 1. The molecular formula is C23H29N3O2. The Morgan fingerprint density at radius 2 is 1.75 bits per heavy atom. The van der Waals surface area contributed by atoms with Gasteiger partial charge in [0.25, 0.3) is 5.91 Å². The number of rotatable bonds is 1. The van der Waals surface area contributed by atoms with Crippen molar-refractivity contribution in [2.75, 3.05) is 13.1 Å². The van der Waals surface area contributed by atoms with Crippen LogP contribution in [0.4, 0.5) is 0 Å². The van der Waals surface area contributed by atoms with Crippen molar-refractivity contribution in [3.05, 3.63) is 35.5 Å². The second-order valence-electron chi connectivity index (χ2n) is 8.82. The highest BCUT2D eigenvalue weighted by atomic mass is 16.2. The first-order chi connectivity index (χ1) is 13.6. The van der Waals surface area contributed by atoms with Crippen molar-refractivity contribution in [2.24, 2.45) is 0 Å². The Balaban J connectivity index is 1.57. The Morgan fingerprint density at radius 3 is 2.54 bits per heavy atom. The number of carbonyl (C=O) groups is 2. The van der Waals surface area contributed by atoms with Crippen LogP contribution in [0.1, 0.15) is 63.1 Å². The topological polar surface area (TPSA) is 56.4 Å². The maximum absolute atomic E-state index is 13.9. The van der Waals surface area contributed by atoms with Gasteiger partial charge in [0.2, 0.25) is 5.91 Å². The highest BCUT2D eigenvalue weighted by molar-refractivity contribution is 6.00. The van der Waals surface area contributed by atoms with Crippen LogP contribution < -0.4 is 0 Å². The van der Waals surface area contributed by atoms with Gasteiger partial charge in [0, 0.05) is 23.5 Å². The van der Waals surface area contributed by atoms with Gasteiger partial charge in [0.1, 0.15) is 6.54 Å². The van der Waals surface area contributed by atoms with Crippen LogP contribution in [0.2, 0.25) is 0 Å². The number of hydrogen-bond donors (Lipinski definition) is 1. The fourth-order valence-electron chi connectivity index (χ4n) is 5.68. The summed E-state index contributed by atoms with van der Waals surface area (Å²) in [4.78, 5) is 34.3. The fraction of sp³-hybridized carbons (Fsp3) is 0.565.